The first-order valence-corrected chi connectivity index (χ1v) is 6.17. The molecule has 0 amide bonds. The van der Waals surface area contributed by atoms with Crippen LogP contribution < -0.4 is 0 Å². The molecule has 0 aliphatic rings. The monoisotopic (exact) mass is 244 g/mol. The van der Waals surface area contributed by atoms with E-state index < -0.39 is 0 Å². The first-order valence-electron chi connectivity index (χ1n) is 5.19. The van der Waals surface area contributed by atoms with Crippen LogP contribution in [0.3, 0.4) is 0 Å². The average molecular weight is 244 g/mol. The summed E-state index contributed by atoms with van der Waals surface area (Å²) in [5.41, 5.74) is 2.07. The van der Waals surface area contributed by atoms with Crippen LogP contribution in [0, 0.1) is 0 Å². The van der Waals surface area contributed by atoms with Gasteiger partial charge in [0.05, 0.1) is 11.2 Å². The zero-order valence-corrected chi connectivity index (χ0v) is 9.97. The smallest absolute Gasteiger partial charge is 0.0963 e. The highest BCUT2D eigenvalue weighted by atomic mass is 32.2. The molecule has 0 atom stereocenters. The van der Waals surface area contributed by atoms with Gasteiger partial charge in [0.15, 0.2) is 0 Å². The van der Waals surface area contributed by atoms with E-state index in [1.807, 2.05) is 30.3 Å². The first-order chi connectivity index (χ1) is 8.38. The third-order valence-corrected chi connectivity index (χ3v) is 3.21. The maximum atomic E-state index is 8.38. The molecule has 0 spiro atoms. The first kappa shape index (κ1) is 11.7. The number of aromatic nitrogens is 1. The van der Waals surface area contributed by atoms with E-state index in [0.717, 1.165) is 16.3 Å². The second-order valence-corrected chi connectivity index (χ2v) is 4.44. The minimum atomic E-state index is 0.788. The van der Waals surface area contributed by atoms with Crippen LogP contribution in [0.25, 0.3) is 0 Å². The number of rotatable bonds is 4. The Balaban J connectivity index is 1.95. The van der Waals surface area contributed by atoms with Gasteiger partial charge in [-0.2, -0.15) is 0 Å². The van der Waals surface area contributed by atoms with Gasteiger partial charge >= 0.3 is 0 Å². The fraction of sp³-hybridized carbons (Fsp3) is 0.0769. The fourth-order valence-corrected chi connectivity index (χ4v) is 2.15. The normalized spacial score (nSPS) is 10.8. The Morgan fingerprint density at radius 1 is 1.18 bits per heavy atom. The van der Waals surface area contributed by atoms with Crippen molar-refractivity contribution in [2.75, 3.05) is 0 Å². The van der Waals surface area contributed by atoms with Crippen molar-refractivity contribution >= 4 is 18.0 Å². The molecule has 0 bridgehead atoms. The summed E-state index contributed by atoms with van der Waals surface area (Å²) in [6, 6.07) is 14.1. The third-order valence-electron chi connectivity index (χ3n) is 2.20. The van der Waals surface area contributed by atoms with Gasteiger partial charge in [-0.3, -0.25) is 0 Å². The van der Waals surface area contributed by atoms with Crippen molar-refractivity contribution in [3.8, 4) is 0 Å². The molecule has 2 aromatic rings. The van der Waals surface area contributed by atoms with E-state index in [0.29, 0.717) is 0 Å². The van der Waals surface area contributed by atoms with Crippen LogP contribution >= 0.6 is 11.8 Å². The van der Waals surface area contributed by atoms with E-state index in [-0.39, 0.29) is 0 Å². The van der Waals surface area contributed by atoms with Crippen LogP contribution in [0.15, 0.2) is 58.8 Å². The Labute approximate surface area is 104 Å². The number of nitrogens with zero attached hydrogens (tertiary/aromatic N) is 2. The second-order valence-electron chi connectivity index (χ2n) is 3.45. The molecule has 0 unspecified atom stereocenters. The van der Waals surface area contributed by atoms with Crippen molar-refractivity contribution in [1.82, 2.24) is 4.98 Å². The number of hydrogen-bond acceptors (Lipinski definition) is 4. The van der Waals surface area contributed by atoms with Gasteiger partial charge in [-0.05, 0) is 17.7 Å². The van der Waals surface area contributed by atoms with Crippen LogP contribution in [0.4, 0.5) is 0 Å². The lowest BCUT2D eigenvalue weighted by Gasteiger charge is -2.01. The second kappa shape index (κ2) is 6.06. The maximum absolute atomic E-state index is 8.38. The van der Waals surface area contributed by atoms with Gasteiger partial charge in [-0.15, -0.1) is 11.8 Å². The fourth-order valence-electron chi connectivity index (χ4n) is 1.35. The molecule has 1 heterocycles. The van der Waals surface area contributed by atoms with Gasteiger partial charge in [-0.1, -0.05) is 35.5 Å². The van der Waals surface area contributed by atoms with Crippen molar-refractivity contribution in [1.29, 1.82) is 0 Å². The number of oxime groups is 1. The Hall–Kier alpha value is -1.81. The number of benzene rings is 1. The summed E-state index contributed by atoms with van der Waals surface area (Å²) in [4.78, 5) is 4.27. The van der Waals surface area contributed by atoms with Crippen molar-refractivity contribution in [2.45, 2.75) is 10.8 Å². The molecule has 0 fully saturated rings. The summed E-state index contributed by atoms with van der Waals surface area (Å²) in [5, 5.41) is 12.3. The van der Waals surface area contributed by atoms with Gasteiger partial charge in [0.25, 0.3) is 0 Å². The zero-order chi connectivity index (χ0) is 11.9. The van der Waals surface area contributed by atoms with Crippen LogP contribution in [-0.4, -0.2) is 16.4 Å². The molecule has 1 N–H and O–H groups in total. The van der Waals surface area contributed by atoms with E-state index in [9.17, 15) is 0 Å². The maximum Gasteiger partial charge on any atom is 0.0963 e. The lowest BCUT2D eigenvalue weighted by Crippen LogP contribution is -1.86. The molecular weight excluding hydrogens is 232 g/mol. The molecule has 4 heteroatoms. The van der Waals surface area contributed by atoms with Crippen molar-refractivity contribution in [3.05, 3.63) is 59.8 Å². The molecule has 86 valence electrons. The quantitative estimate of drug-likeness (QED) is 0.389. The summed E-state index contributed by atoms with van der Waals surface area (Å²) < 4.78 is 0. The molecular formula is C13H12N2OS. The number of pyridine rings is 1. The molecule has 0 aliphatic carbocycles. The lowest BCUT2D eigenvalue weighted by molar-refractivity contribution is 0.322. The largest absolute Gasteiger partial charge is 0.411 e. The van der Waals surface area contributed by atoms with E-state index in [1.165, 1.54) is 11.8 Å². The molecule has 0 radical (unpaired) electrons. The standard InChI is InChI=1S/C13H12N2OS/c16-15-9-12-6-7-13(14-8-12)17-10-11-4-2-1-3-5-11/h1-9,16H,10H2/b15-9+. The van der Waals surface area contributed by atoms with Crippen LogP contribution in [0.5, 0.6) is 0 Å². The molecule has 1 aromatic carbocycles. The average Bonchev–Trinajstić information content (AvgIpc) is 2.40. The third kappa shape index (κ3) is 3.60. The molecule has 3 nitrogen and oxygen atoms in total. The van der Waals surface area contributed by atoms with Gasteiger partial charge < -0.3 is 5.21 Å². The molecule has 0 saturated heterocycles. The van der Waals surface area contributed by atoms with E-state index in [1.54, 1.807) is 18.0 Å². The van der Waals surface area contributed by atoms with Gasteiger partial charge in [0.1, 0.15) is 0 Å². The Morgan fingerprint density at radius 2 is 2.00 bits per heavy atom. The molecule has 0 saturated carbocycles. The predicted molar refractivity (Wildman–Crippen MR) is 69.6 cm³/mol. The Morgan fingerprint density at radius 3 is 2.65 bits per heavy atom. The summed E-state index contributed by atoms with van der Waals surface area (Å²) in [5.74, 6) is 0.904. The molecule has 2 rings (SSSR count). The summed E-state index contributed by atoms with van der Waals surface area (Å²) >= 11 is 1.68. The minimum absolute atomic E-state index is 0.788. The highest BCUT2D eigenvalue weighted by Gasteiger charge is 1.97. The van der Waals surface area contributed by atoms with Gasteiger partial charge in [-0.25, -0.2) is 4.98 Å². The Bertz CT molecular complexity index is 483. The van der Waals surface area contributed by atoms with Crippen molar-refractivity contribution in [2.24, 2.45) is 5.16 Å². The van der Waals surface area contributed by atoms with E-state index in [4.69, 9.17) is 5.21 Å². The minimum Gasteiger partial charge on any atom is -0.411 e. The molecule has 1 aromatic heterocycles. The van der Waals surface area contributed by atoms with Gasteiger partial charge in [0.2, 0.25) is 0 Å². The lowest BCUT2D eigenvalue weighted by atomic mass is 10.2. The van der Waals surface area contributed by atoms with Gasteiger partial charge in [0, 0.05) is 17.5 Å². The topological polar surface area (TPSA) is 45.5 Å². The van der Waals surface area contributed by atoms with Crippen molar-refractivity contribution < 1.29 is 5.21 Å². The summed E-state index contributed by atoms with van der Waals surface area (Å²) in [7, 11) is 0. The van der Waals surface area contributed by atoms with Crippen LogP contribution in [0.2, 0.25) is 0 Å². The highest BCUT2D eigenvalue weighted by molar-refractivity contribution is 7.98. The van der Waals surface area contributed by atoms with Crippen LogP contribution in [0.1, 0.15) is 11.1 Å². The predicted octanol–water partition coefficient (Wildman–Crippen LogP) is 3.18. The van der Waals surface area contributed by atoms with Crippen molar-refractivity contribution in [3.63, 3.8) is 0 Å². The summed E-state index contributed by atoms with van der Waals surface area (Å²) in [6.45, 7) is 0. The molecule has 0 aliphatic heterocycles. The SMILES string of the molecule is O/N=C/c1ccc(SCc2ccccc2)nc1. The number of hydrogen-bond donors (Lipinski definition) is 1. The summed E-state index contributed by atoms with van der Waals surface area (Å²) in [6.07, 6.45) is 3.05. The van der Waals surface area contributed by atoms with E-state index in [2.05, 4.69) is 22.3 Å². The molecule has 17 heavy (non-hydrogen) atoms. The number of thioether (sulfide) groups is 1. The highest BCUT2D eigenvalue weighted by Crippen LogP contribution is 2.20. The van der Waals surface area contributed by atoms with Crippen LogP contribution in [-0.2, 0) is 5.75 Å². The zero-order valence-electron chi connectivity index (χ0n) is 9.15. The van der Waals surface area contributed by atoms with E-state index >= 15 is 0 Å². The Kier molecular flexibility index (Phi) is 4.16.